The van der Waals surface area contributed by atoms with Crippen molar-refractivity contribution >= 4 is 23.4 Å². The van der Waals surface area contributed by atoms with Crippen molar-refractivity contribution in [2.45, 2.75) is 82.0 Å². The number of para-hydroxylation sites is 1. The van der Waals surface area contributed by atoms with Crippen molar-refractivity contribution in [3.05, 3.63) is 35.7 Å². The third-order valence-corrected chi connectivity index (χ3v) is 6.75. The minimum Gasteiger partial charge on any atom is -0.325 e. The van der Waals surface area contributed by atoms with Gasteiger partial charge in [-0.1, -0.05) is 69.5 Å². The Hall–Kier alpha value is -1.82. The van der Waals surface area contributed by atoms with Gasteiger partial charge >= 0.3 is 0 Å². The SMILES string of the molecule is CCC(C)c1ccccc1NC(=O)C(C)Sc1n[nH]c(CCC2CCCC2)n1. The van der Waals surface area contributed by atoms with Gasteiger partial charge in [0.25, 0.3) is 0 Å². The van der Waals surface area contributed by atoms with Crippen molar-refractivity contribution in [1.29, 1.82) is 0 Å². The number of H-pyrrole nitrogens is 1. The Balaban J connectivity index is 1.53. The molecule has 5 nitrogen and oxygen atoms in total. The predicted octanol–water partition coefficient (Wildman–Crippen LogP) is 5.56. The second-order valence-electron chi connectivity index (χ2n) is 7.90. The molecule has 0 spiro atoms. The van der Waals surface area contributed by atoms with Crippen LogP contribution in [0.5, 0.6) is 0 Å². The number of anilines is 1. The van der Waals surface area contributed by atoms with Crippen LogP contribution in [-0.2, 0) is 11.2 Å². The summed E-state index contributed by atoms with van der Waals surface area (Å²) in [6, 6.07) is 8.06. The maximum atomic E-state index is 12.7. The minimum absolute atomic E-state index is 0.0157. The largest absolute Gasteiger partial charge is 0.325 e. The molecule has 1 amide bonds. The zero-order valence-electron chi connectivity index (χ0n) is 17.2. The van der Waals surface area contributed by atoms with Crippen LogP contribution in [0.3, 0.4) is 0 Å². The van der Waals surface area contributed by atoms with E-state index in [1.165, 1.54) is 49.4 Å². The van der Waals surface area contributed by atoms with Crippen molar-refractivity contribution in [3.63, 3.8) is 0 Å². The van der Waals surface area contributed by atoms with Crippen LogP contribution in [0.1, 0.15) is 76.6 Å². The highest BCUT2D eigenvalue weighted by Gasteiger charge is 2.20. The lowest BCUT2D eigenvalue weighted by Crippen LogP contribution is -2.23. The Morgan fingerprint density at radius 2 is 2.04 bits per heavy atom. The molecule has 1 fully saturated rings. The molecule has 152 valence electrons. The number of thioether (sulfide) groups is 1. The molecule has 1 aromatic carbocycles. The van der Waals surface area contributed by atoms with E-state index in [0.29, 0.717) is 11.1 Å². The zero-order chi connectivity index (χ0) is 19.9. The quantitative estimate of drug-likeness (QED) is 0.541. The molecule has 1 heterocycles. The average Bonchev–Trinajstić information content (AvgIpc) is 3.38. The molecule has 2 N–H and O–H groups in total. The molecule has 1 saturated carbocycles. The smallest absolute Gasteiger partial charge is 0.237 e. The summed E-state index contributed by atoms with van der Waals surface area (Å²) in [4.78, 5) is 17.3. The minimum atomic E-state index is -0.261. The van der Waals surface area contributed by atoms with Gasteiger partial charge in [0.15, 0.2) is 0 Å². The summed E-state index contributed by atoms with van der Waals surface area (Å²) in [5.41, 5.74) is 2.09. The Kier molecular flexibility index (Phi) is 7.54. The summed E-state index contributed by atoms with van der Waals surface area (Å²) in [7, 11) is 0. The lowest BCUT2D eigenvalue weighted by atomic mass is 9.97. The van der Waals surface area contributed by atoms with Gasteiger partial charge in [0.1, 0.15) is 5.82 Å². The number of amides is 1. The standard InChI is InChI=1S/C22H32N4OS/c1-4-15(2)18-11-7-8-12-19(18)23-21(27)16(3)28-22-24-20(25-26-22)14-13-17-9-5-6-10-17/h7-8,11-12,15-17H,4-6,9-10,13-14H2,1-3H3,(H,23,27)(H,24,25,26). The summed E-state index contributed by atoms with van der Waals surface area (Å²) in [5.74, 6) is 2.17. The van der Waals surface area contributed by atoms with E-state index in [-0.39, 0.29) is 11.2 Å². The fraction of sp³-hybridized carbons (Fsp3) is 0.591. The van der Waals surface area contributed by atoms with Gasteiger partial charge in [0.2, 0.25) is 11.1 Å². The van der Waals surface area contributed by atoms with Crippen LogP contribution in [0.15, 0.2) is 29.4 Å². The molecule has 1 aliphatic rings. The molecule has 0 bridgehead atoms. The van der Waals surface area contributed by atoms with E-state index >= 15 is 0 Å². The van der Waals surface area contributed by atoms with Crippen molar-refractivity contribution in [1.82, 2.24) is 15.2 Å². The van der Waals surface area contributed by atoms with Gasteiger partial charge < -0.3 is 5.32 Å². The fourth-order valence-electron chi connectivity index (χ4n) is 3.79. The highest BCUT2D eigenvalue weighted by molar-refractivity contribution is 8.00. The van der Waals surface area contributed by atoms with Crippen LogP contribution in [0.2, 0.25) is 0 Å². The van der Waals surface area contributed by atoms with E-state index < -0.39 is 0 Å². The van der Waals surface area contributed by atoms with Gasteiger partial charge in [-0.25, -0.2) is 4.98 Å². The number of hydrogen-bond acceptors (Lipinski definition) is 4. The lowest BCUT2D eigenvalue weighted by Gasteiger charge is -2.17. The van der Waals surface area contributed by atoms with Gasteiger partial charge in [0.05, 0.1) is 5.25 Å². The molecule has 0 aliphatic heterocycles. The van der Waals surface area contributed by atoms with Gasteiger partial charge in [0, 0.05) is 12.1 Å². The molecule has 1 aromatic heterocycles. The highest BCUT2D eigenvalue weighted by atomic mass is 32.2. The Morgan fingerprint density at radius 3 is 2.79 bits per heavy atom. The first-order valence-corrected chi connectivity index (χ1v) is 11.4. The third-order valence-electron chi connectivity index (χ3n) is 5.79. The molecule has 0 saturated heterocycles. The van der Waals surface area contributed by atoms with Crippen LogP contribution in [0, 0.1) is 5.92 Å². The Morgan fingerprint density at radius 1 is 1.29 bits per heavy atom. The second kappa shape index (κ2) is 10.1. The third kappa shape index (κ3) is 5.60. The number of aromatic nitrogens is 3. The molecule has 1 aliphatic carbocycles. The first-order chi connectivity index (χ1) is 13.6. The van der Waals surface area contributed by atoms with Crippen LogP contribution in [0.4, 0.5) is 5.69 Å². The molecule has 28 heavy (non-hydrogen) atoms. The van der Waals surface area contributed by atoms with Gasteiger partial charge in [-0.2, -0.15) is 0 Å². The number of aryl methyl sites for hydroxylation is 1. The summed E-state index contributed by atoms with van der Waals surface area (Å²) < 4.78 is 0. The summed E-state index contributed by atoms with van der Waals surface area (Å²) in [6.45, 7) is 6.25. The van der Waals surface area contributed by atoms with Crippen molar-refractivity contribution in [2.75, 3.05) is 5.32 Å². The summed E-state index contributed by atoms with van der Waals surface area (Å²) >= 11 is 1.40. The van der Waals surface area contributed by atoms with Crippen LogP contribution in [0.25, 0.3) is 0 Å². The van der Waals surface area contributed by atoms with Gasteiger partial charge in [-0.15, -0.1) is 5.10 Å². The number of rotatable bonds is 9. The monoisotopic (exact) mass is 400 g/mol. The van der Waals surface area contributed by atoms with Crippen LogP contribution in [-0.4, -0.2) is 26.3 Å². The first-order valence-electron chi connectivity index (χ1n) is 10.5. The lowest BCUT2D eigenvalue weighted by molar-refractivity contribution is -0.115. The molecule has 6 heteroatoms. The fourth-order valence-corrected chi connectivity index (χ4v) is 4.53. The Bertz CT molecular complexity index is 769. The molecule has 2 aromatic rings. The van der Waals surface area contributed by atoms with E-state index in [1.54, 1.807) is 0 Å². The number of hydrogen-bond donors (Lipinski definition) is 2. The molecule has 2 atom stereocenters. The normalized spacial score (nSPS) is 16.8. The van der Waals surface area contributed by atoms with Crippen LogP contribution < -0.4 is 5.32 Å². The number of nitrogens with one attached hydrogen (secondary N) is 2. The van der Waals surface area contributed by atoms with E-state index in [2.05, 4.69) is 40.4 Å². The molecule has 0 radical (unpaired) electrons. The van der Waals surface area contributed by atoms with E-state index in [4.69, 9.17) is 0 Å². The molecular formula is C22H32N4OS. The number of carbonyl (C=O) groups is 1. The summed E-state index contributed by atoms with van der Waals surface area (Å²) in [5, 5.41) is 10.8. The number of nitrogens with zero attached hydrogens (tertiary/aromatic N) is 2. The van der Waals surface area contributed by atoms with Crippen molar-refractivity contribution < 1.29 is 4.79 Å². The first kappa shape index (κ1) is 20.9. The maximum Gasteiger partial charge on any atom is 0.237 e. The maximum absolute atomic E-state index is 12.7. The van der Waals surface area contributed by atoms with Gasteiger partial charge in [-0.3, -0.25) is 9.89 Å². The highest BCUT2D eigenvalue weighted by Crippen LogP contribution is 2.29. The molecular weight excluding hydrogens is 368 g/mol. The van der Waals surface area contributed by atoms with E-state index in [0.717, 1.165) is 30.3 Å². The Labute approximate surface area is 172 Å². The van der Waals surface area contributed by atoms with E-state index in [9.17, 15) is 4.79 Å². The van der Waals surface area contributed by atoms with E-state index in [1.807, 2.05) is 25.1 Å². The van der Waals surface area contributed by atoms with Crippen molar-refractivity contribution in [2.24, 2.45) is 5.92 Å². The molecule has 3 rings (SSSR count). The molecule has 2 unspecified atom stereocenters. The summed E-state index contributed by atoms with van der Waals surface area (Å²) in [6.07, 6.45) is 8.61. The van der Waals surface area contributed by atoms with Gasteiger partial charge in [-0.05, 0) is 43.2 Å². The second-order valence-corrected chi connectivity index (χ2v) is 9.21. The number of aromatic amines is 1. The van der Waals surface area contributed by atoms with Crippen LogP contribution >= 0.6 is 11.8 Å². The van der Waals surface area contributed by atoms with Crippen molar-refractivity contribution in [3.8, 4) is 0 Å². The number of carbonyl (C=O) groups excluding carboxylic acids is 1. The average molecular weight is 401 g/mol. The zero-order valence-corrected chi connectivity index (χ0v) is 18.0. The topological polar surface area (TPSA) is 70.7 Å². The number of benzene rings is 1. The predicted molar refractivity (Wildman–Crippen MR) is 116 cm³/mol.